The largest absolute Gasteiger partial charge is 0.390 e. The summed E-state index contributed by atoms with van der Waals surface area (Å²) < 4.78 is 3.01. The van der Waals surface area contributed by atoms with Crippen molar-refractivity contribution in [2.24, 2.45) is 0 Å². The number of anilines is 1. The predicted molar refractivity (Wildman–Crippen MR) is 154 cm³/mol. The minimum absolute atomic E-state index is 0.0860. The summed E-state index contributed by atoms with van der Waals surface area (Å²) in [4.78, 5) is 10.2. The summed E-state index contributed by atoms with van der Waals surface area (Å²) in [5, 5.41) is 0.516. The summed E-state index contributed by atoms with van der Waals surface area (Å²) in [5.74, 6) is 0.954. The standard InChI is InChI=1S/C28H57N3Si2/c1-23(2,3)32(24(4,5)6,25(7,8)9)31(22-29-20-19-21-30-22)33(26(10,11)12,27(13,14)15)28(16,17)18/h19-21H,1-18H3. The van der Waals surface area contributed by atoms with Crippen molar-refractivity contribution in [1.82, 2.24) is 9.97 Å². The Bertz CT molecular complexity index is 668. The van der Waals surface area contributed by atoms with Crippen molar-refractivity contribution in [2.45, 2.75) is 155 Å². The maximum absolute atomic E-state index is 5.08. The smallest absolute Gasteiger partial charge is 0.208 e. The third-order valence-corrected chi connectivity index (χ3v) is 24.7. The maximum atomic E-state index is 5.08. The van der Waals surface area contributed by atoms with Gasteiger partial charge in [-0.3, -0.25) is 0 Å². The third-order valence-electron chi connectivity index (χ3n) is 7.94. The Hall–Kier alpha value is -0.686. The molecule has 0 fully saturated rings. The molecule has 0 N–H and O–H groups in total. The molecular formula is C28H57N3Si2. The molecule has 1 heterocycles. The molecule has 0 unspecified atom stereocenters. The van der Waals surface area contributed by atoms with Gasteiger partial charge < -0.3 is 4.23 Å². The normalized spacial score (nSPS) is 15.6. The second-order valence-electron chi connectivity index (χ2n) is 16.3. The zero-order chi connectivity index (χ0) is 26.7. The van der Waals surface area contributed by atoms with Crippen LogP contribution in [-0.2, 0) is 0 Å². The highest BCUT2D eigenvalue weighted by atomic mass is 28.4. The summed E-state index contributed by atoms with van der Waals surface area (Å²) >= 11 is 0. The number of nitrogens with zero attached hydrogens (tertiary/aromatic N) is 3. The van der Waals surface area contributed by atoms with E-state index in [0.717, 1.165) is 5.95 Å². The van der Waals surface area contributed by atoms with Gasteiger partial charge in [0.25, 0.3) is 0 Å². The van der Waals surface area contributed by atoms with Gasteiger partial charge in [0, 0.05) is 12.4 Å². The molecular weight excluding hydrogens is 435 g/mol. The first-order valence-electron chi connectivity index (χ1n) is 12.8. The van der Waals surface area contributed by atoms with Crippen LogP contribution in [0.4, 0.5) is 5.95 Å². The lowest BCUT2D eigenvalue weighted by Gasteiger charge is -2.74. The molecule has 3 nitrogen and oxygen atoms in total. The highest BCUT2D eigenvalue weighted by Gasteiger charge is 2.74. The fourth-order valence-corrected chi connectivity index (χ4v) is 36.1. The zero-order valence-electron chi connectivity index (χ0n) is 25.6. The van der Waals surface area contributed by atoms with Crippen LogP contribution in [0.5, 0.6) is 0 Å². The Morgan fingerprint density at radius 3 is 0.848 bits per heavy atom. The summed E-state index contributed by atoms with van der Waals surface area (Å²) in [7, 11) is -4.93. The molecule has 0 spiro atoms. The van der Waals surface area contributed by atoms with E-state index in [1.165, 1.54) is 0 Å². The minimum atomic E-state index is -2.47. The Morgan fingerprint density at radius 1 is 0.455 bits per heavy atom. The van der Waals surface area contributed by atoms with Crippen LogP contribution in [0.15, 0.2) is 18.5 Å². The Kier molecular flexibility index (Phi) is 7.78. The Labute approximate surface area is 209 Å². The van der Waals surface area contributed by atoms with Crippen LogP contribution in [0.1, 0.15) is 125 Å². The number of hydrogen-bond acceptors (Lipinski definition) is 3. The van der Waals surface area contributed by atoms with Crippen LogP contribution < -0.4 is 4.23 Å². The van der Waals surface area contributed by atoms with Crippen molar-refractivity contribution in [2.75, 3.05) is 4.23 Å². The Balaban J connectivity index is 4.71. The number of aromatic nitrogens is 2. The summed E-state index contributed by atoms with van der Waals surface area (Å²) in [6, 6.07) is 1.96. The molecule has 0 amide bonds. The zero-order valence-corrected chi connectivity index (χ0v) is 27.6. The van der Waals surface area contributed by atoms with E-state index in [1.54, 1.807) is 0 Å². The van der Waals surface area contributed by atoms with E-state index < -0.39 is 16.5 Å². The van der Waals surface area contributed by atoms with Gasteiger partial charge in [0.2, 0.25) is 5.95 Å². The average molecular weight is 492 g/mol. The Morgan fingerprint density at radius 2 is 0.667 bits per heavy atom. The van der Waals surface area contributed by atoms with Crippen LogP contribution in [-0.4, -0.2) is 26.4 Å². The highest BCUT2D eigenvalue weighted by Crippen LogP contribution is 2.72. The van der Waals surface area contributed by atoms with E-state index in [4.69, 9.17) is 9.97 Å². The molecule has 1 aromatic heterocycles. The molecule has 33 heavy (non-hydrogen) atoms. The molecule has 192 valence electrons. The van der Waals surface area contributed by atoms with Crippen LogP contribution in [0, 0.1) is 0 Å². The highest BCUT2D eigenvalue weighted by molar-refractivity contribution is 7.08. The lowest BCUT2D eigenvalue weighted by Crippen LogP contribution is -2.83. The molecule has 1 aromatic rings. The van der Waals surface area contributed by atoms with Crippen LogP contribution in [0.3, 0.4) is 0 Å². The van der Waals surface area contributed by atoms with Crippen molar-refractivity contribution < 1.29 is 0 Å². The van der Waals surface area contributed by atoms with Crippen LogP contribution in [0.25, 0.3) is 0 Å². The summed E-state index contributed by atoms with van der Waals surface area (Å²) in [5.41, 5.74) is 0. The van der Waals surface area contributed by atoms with Gasteiger partial charge >= 0.3 is 0 Å². The van der Waals surface area contributed by atoms with E-state index in [0.29, 0.717) is 0 Å². The van der Waals surface area contributed by atoms with Crippen LogP contribution >= 0.6 is 0 Å². The molecule has 0 aliphatic heterocycles. The fraction of sp³-hybridized carbons (Fsp3) is 0.857. The summed E-state index contributed by atoms with van der Waals surface area (Å²) in [6.45, 7) is 45.0. The van der Waals surface area contributed by atoms with Crippen molar-refractivity contribution >= 4 is 22.4 Å². The molecule has 0 aromatic carbocycles. The molecule has 0 bridgehead atoms. The molecule has 0 aliphatic carbocycles. The van der Waals surface area contributed by atoms with E-state index in [-0.39, 0.29) is 30.2 Å². The van der Waals surface area contributed by atoms with E-state index in [2.05, 4.69) is 129 Å². The van der Waals surface area contributed by atoms with Crippen molar-refractivity contribution in [3.05, 3.63) is 18.5 Å². The average Bonchev–Trinajstić information content (AvgIpc) is 2.47. The first kappa shape index (κ1) is 30.3. The molecule has 0 saturated heterocycles. The quantitative estimate of drug-likeness (QED) is 0.394. The first-order chi connectivity index (χ1) is 14.2. The van der Waals surface area contributed by atoms with E-state index in [1.807, 2.05) is 18.5 Å². The molecule has 0 saturated carbocycles. The molecule has 0 aliphatic rings. The lowest BCUT2D eigenvalue weighted by molar-refractivity contribution is 0.495. The van der Waals surface area contributed by atoms with Gasteiger partial charge in [0.05, 0.1) is 0 Å². The van der Waals surface area contributed by atoms with E-state index in [9.17, 15) is 0 Å². The van der Waals surface area contributed by atoms with Crippen LogP contribution in [0.2, 0.25) is 30.2 Å². The van der Waals surface area contributed by atoms with Gasteiger partial charge in [-0.2, -0.15) is 0 Å². The summed E-state index contributed by atoms with van der Waals surface area (Å²) in [6.07, 6.45) is 3.91. The topological polar surface area (TPSA) is 29.0 Å². The predicted octanol–water partition coefficient (Wildman–Crippen LogP) is 9.97. The van der Waals surface area contributed by atoms with Gasteiger partial charge in [-0.1, -0.05) is 125 Å². The fourth-order valence-electron chi connectivity index (χ4n) is 9.72. The van der Waals surface area contributed by atoms with Gasteiger partial charge in [-0.25, -0.2) is 9.97 Å². The van der Waals surface area contributed by atoms with Gasteiger partial charge in [0.15, 0.2) is 16.5 Å². The van der Waals surface area contributed by atoms with Crippen molar-refractivity contribution in [3.63, 3.8) is 0 Å². The first-order valence-corrected chi connectivity index (χ1v) is 16.7. The van der Waals surface area contributed by atoms with Gasteiger partial charge in [-0.15, -0.1) is 0 Å². The molecule has 0 atom stereocenters. The van der Waals surface area contributed by atoms with E-state index >= 15 is 0 Å². The second kappa shape index (κ2) is 8.46. The molecule has 1 rings (SSSR count). The minimum Gasteiger partial charge on any atom is -0.390 e. The lowest BCUT2D eigenvalue weighted by atomic mass is 10.2. The van der Waals surface area contributed by atoms with Crippen molar-refractivity contribution in [3.8, 4) is 0 Å². The molecule has 5 heteroatoms. The number of rotatable bonds is 3. The number of hydrogen-bond donors (Lipinski definition) is 0. The monoisotopic (exact) mass is 491 g/mol. The maximum Gasteiger partial charge on any atom is 0.208 e. The third kappa shape index (κ3) is 4.50. The van der Waals surface area contributed by atoms with Gasteiger partial charge in [0.1, 0.15) is 0 Å². The SMILES string of the molecule is CC(C)(C)[Si](N(c1ncccn1)[Si](C(C)(C)C)(C(C)(C)C)C(C)(C)C)(C(C)(C)C)C(C)(C)C. The molecule has 0 radical (unpaired) electrons. The van der Waals surface area contributed by atoms with Crippen molar-refractivity contribution in [1.29, 1.82) is 0 Å². The van der Waals surface area contributed by atoms with Gasteiger partial charge in [-0.05, 0) is 36.3 Å². The second-order valence-corrected chi connectivity index (χ2v) is 29.5.